The molecule has 2 N–H and O–H groups in total. The average molecular weight is 456 g/mol. The van der Waals surface area contributed by atoms with Gasteiger partial charge in [0, 0.05) is 30.4 Å². The second-order valence-electron chi connectivity index (χ2n) is 8.05. The topological polar surface area (TPSA) is 91.7 Å². The molecule has 0 saturated carbocycles. The number of hydrogen-bond acceptors (Lipinski definition) is 6. The number of carbonyl (C=O) groups is 1. The van der Waals surface area contributed by atoms with E-state index in [9.17, 15) is 14.8 Å². The number of methoxy groups -OCH3 is 2. The average Bonchev–Trinajstić information content (AvgIpc) is 2.83. The van der Waals surface area contributed by atoms with Crippen LogP contribution in [0.3, 0.4) is 0 Å². The van der Waals surface area contributed by atoms with Crippen LogP contribution >= 0.6 is 0 Å². The smallest absolute Gasteiger partial charge is 0.488 e. The van der Waals surface area contributed by atoms with Crippen LogP contribution in [-0.4, -0.2) is 62.0 Å². The summed E-state index contributed by atoms with van der Waals surface area (Å²) in [6.07, 6.45) is 4.00. The Morgan fingerprint density at radius 2 is 1.76 bits per heavy atom. The molecule has 1 heterocycles. The van der Waals surface area contributed by atoms with Gasteiger partial charge in [-0.2, -0.15) is 0 Å². The van der Waals surface area contributed by atoms with E-state index in [2.05, 4.69) is 6.92 Å². The van der Waals surface area contributed by atoms with E-state index in [4.69, 9.17) is 14.2 Å². The minimum atomic E-state index is -1.58. The highest BCUT2D eigenvalue weighted by Crippen LogP contribution is 2.33. The fraction of sp³-hybridized carbons (Fsp3) is 0.458. The number of unbranched alkanes of at least 4 members (excludes halogenated alkanes) is 2. The first-order valence-corrected chi connectivity index (χ1v) is 11.4. The van der Waals surface area contributed by atoms with Crippen molar-refractivity contribution in [1.82, 2.24) is 4.90 Å². The molecule has 9 heteroatoms. The molecule has 0 bridgehead atoms. The first-order chi connectivity index (χ1) is 16.0. The van der Waals surface area contributed by atoms with Crippen molar-refractivity contribution >= 4 is 24.3 Å². The molecule has 8 nitrogen and oxygen atoms in total. The SMILES string of the molecule is CCCCCOc1cc(N2CCCN(Cc3ccc(B(O)O)cc3OC)C2=O)ccc1OC. The van der Waals surface area contributed by atoms with Crippen molar-refractivity contribution in [3.05, 3.63) is 42.0 Å². The van der Waals surface area contributed by atoms with Crippen LogP contribution < -0.4 is 24.6 Å². The van der Waals surface area contributed by atoms with Crippen molar-refractivity contribution in [2.75, 3.05) is 38.8 Å². The van der Waals surface area contributed by atoms with Gasteiger partial charge in [-0.15, -0.1) is 0 Å². The van der Waals surface area contributed by atoms with Crippen LogP contribution in [0.2, 0.25) is 0 Å². The molecule has 1 saturated heterocycles. The molecule has 0 radical (unpaired) electrons. The molecular weight excluding hydrogens is 423 g/mol. The summed E-state index contributed by atoms with van der Waals surface area (Å²) < 4.78 is 16.8. The summed E-state index contributed by atoms with van der Waals surface area (Å²) in [5.41, 5.74) is 1.90. The quantitative estimate of drug-likeness (QED) is 0.399. The highest BCUT2D eigenvalue weighted by atomic mass is 16.5. The van der Waals surface area contributed by atoms with E-state index in [0.717, 1.165) is 36.9 Å². The molecule has 0 aliphatic carbocycles. The van der Waals surface area contributed by atoms with Gasteiger partial charge in [0.05, 0.1) is 27.4 Å². The third kappa shape index (κ3) is 6.12. The van der Waals surface area contributed by atoms with Crippen LogP contribution in [0.25, 0.3) is 0 Å². The number of rotatable bonds is 11. The summed E-state index contributed by atoms with van der Waals surface area (Å²) in [6.45, 7) is 4.35. The Hall–Kier alpha value is -2.91. The number of urea groups is 1. The third-order valence-electron chi connectivity index (χ3n) is 5.75. The van der Waals surface area contributed by atoms with Gasteiger partial charge in [0.15, 0.2) is 11.5 Å². The molecule has 0 unspecified atom stereocenters. The second-order valence-corrected chi connectivity index (χ2v) is 8.05. The second kappa shape index (κ2) is 11.8. The van der Waals surface area contributed by atoms with Gasteiger partial charge in [-0.3, -0.25) is 4.90 Å². The van der Waals surface area contributed by atoms with Gasteiger partial charge in [0.2, 0.25) is 0 Å². The van der Waals surface area contributed by atoms with Crippen LogP contribution in [0.4, 0.5) is 10.5 Å². The Labute approximate surface area is 195 Å². The monoisotopic (exact) mass is 456 g/mol. The Morgan fingerprint density at radius 3 is 2.45 bits per heavy atom. The molecule has 178 valence electrons. The maximum Gasteiger partial charge on any atom is 0.488 e. The zero-order chi connectivity index (χ0) is 23.8. The molecule has 1 fully saturated rings. The lowest BCUT2D eigenvalue weighted by Gasteiger charge is -2.36. The summed E-state index contributed by atoms with van der Waals surface area (Å²) >= 11 is 0. The fourth-order valence-corrected chi connectivity index (χ4v) is 3.91. The number of amides is 2. The van der Waals surface area contributed by atoms with Crippen LogP contribution in [0.15, 0.2) is 36.4 Å². The lowest BCUT2D eigenvalue weighted by atomic mass is 9.80. The molecule has 2 aromatic carbocycles. The highest BCUT2D eigenvalue weighted by Gasteiger charge is 2.28. The van der Waals surface area contributed by atoms with Crippen LogP contribution in [-0.2, 0) is 6.54 Å². The molecular formula is C24H33BN2O6. The molecule has 0 aromatic heterocycles. The third-order valence-corrected chi connectivity index (χ3v) is 5.75. The Morgan fingerprint density at radius 1 is 0.970 bits per heavy atom. The van der Waals surface area contributed by atoms with E-state index < -0.39 is 7.12 Å². The van der Waals surface area contributed by atoms with E-state index in [-0.39, 0.29) is 6.03 Å². The highest BCUT2D eigenvalue weighted by molar-refractivity contribution is 6.58. The Kier molecular flexibility index (Phi) is 8.85. The summed E-state index contributed by atoms with van der Waals surface area (Å²) in [5, 5.41) is 18.8. The summed E-state index contributed by atoms with van der Waals surface area (Å²) in [4.78, 5) is 16.8. The van der Waals surface area contributed by atoms with Gasteiger partial charge >= 0.3 is 13.1 Å². The van der Waals surface area contributed by atoms with Gasteiger partial charge in [0.25, 0.3) is 0 Å². The maximum atomic E-state index is 13.3. The van der Waals surface area contributed by atoms with Crippen molar-refractivity contribution < 1.29 is 29.1 Å². The van der Waals surface area contributed by atoms with Crippen molar-refractivity contribution in [2.24, 2.45) is 0 Å². The van der Waals surface area contributed by atoms with Crippen molar-refractivity contribution in [2.45, 2.75) is 39.2 Å². The summed E-state index contributed by atoms with van der Waals surface area (Å²) in [5.74, 6) is 1.79. The molecule has 0 spiro atoms. The number of ether oxygens (including phenoxy) is 3. The molecule has 1 aliphatic heterocycles. The summed E-state index contributed by atoms with van der Waals surface area (Å²) in [6, 6.07) is 10.4. The Bertz CT molecular complexity index is 939. The molecule has 2 aromatic rings. The van der Waals surface area contributed by atoms with Crippen molar-refractivity contribution in [1.29, 1.82) is 0 Å². The number of hydrogen-bond donors (Lipinski definition) is 2. The van der Waals surface area contributed by atoms with E-state index in [1.165, 1.54) is 7.11 Å². The van der Waals surface area contributed by atoms with Gasteiger partial charge in [-0.25, -0.2) is 4.79 Å². The largest absolute Gasteiger partial charge is 0.496 e. The van der Waals surface area contributed by atoms with Gasteiger partial charge in [-0.1, -0.05) is 31.9 Å². The number of anilines is 1. The number of nitrogens with zero attached hydrogens (tertiary/aromatic N) is 2. The number of carbonyl (C=O) groups excluding carboxylic acids is 1. The van der Waals surface area contributed by atoms with Crippen molar-refractivity contribution in [3.63, 3.8) is 0 Å². The van der Waals surface area contributed by atoms with Crippen LogP contribution in [0.5, 0.6) is 17.2 Å². The van der Waals surface area contributed by atoms with E-state index >= 15 is 0 Å². The first kappa shape index (κ1) is 24.7. The van der Waals surface area contributed by atoms with Crippen LogP contribution in [0, 0.1) is 0 Å². The van der Waals surface area contributed by atoms with E-state index in [1.807, 2.05) is 18.2 Å². The lowest BCUT2D eigenvalue weighted by Crippen LogP contribution is -2.49. The van der Waals surface area contributed by atoms with Gasteiger partial charge in [0.1, 0.15) is 5.75 Å². The van der Waals surface area contributed by atoms with E-state index in [0.29, 0.717) is 49.0 Å². The normalized spacial score (nSPS) is 13.8. The zero-order valence-electron chi connectivity index (χ0n) is 19.6. The molecule has 1 aliphatic rings. The minimum absolute atomic E-state index is 0.100. The fourth-order valence-electron chi connectivity index (χ4n) is 3.91. The minimum Gasteiger partial charge on any atom is -0.496 e. The van der Waals surface area contributed by atoms with Crippen LogP contribution in [0.1, 0.15) is 38.2 Å². The molecule has 2 amide bonds. The first-order valence-electron chi connectivity index (χ1n) is 11.4. The van der Waals surface area contributed by atoms with E-state index in [1.54, 1.807) is 35.1 Å². The molecule has 3 rings (SSSR count). The maximum absolute atomic E-state index is 13.3. The molecule has 0 atom stereocenters. The molecule has 33 heavy (non-hydrogen) atoms. The zero-order valence-corrected chi connectivity index (χ0v) is 19.6. The standard InChI is InChI=1S/C24H33BN2O6/c1-4-5-6-14-33-23-16-20(10-11-21(23)31-2)27-13-7-12-26(24(27)28)17-18-8-9-19(25(29)30)15-22(18)32-3/h8-11,15-16,29-30H,4-7,12-14,17H2,1-3H3. The lowest BCUT2D eigenvalue weighted by molar-refractivity contribution is 0.191. The van der Waals surface area contributed by atoms with Gasteiger partial charge in [-0.05, 0) is 36.5 Å². The van der Waals surface area contributed by atoms with Crippen molar-refractivity contribution in [3.8, 4) is 17.2 Å². The predicted molar refractivity (Wildman–Crippen MR) is 129 cm³/mol. The number of benzene rings is 2. The van der Waals surface area contributed by atoms with Gasteiger partial charge < -0.3 is 29.2 Å². The summed E-state index contributed by atoms with van der Waals surface area (Å²) in [7, 11) is 1.56. The Balaban J connectivity index is 1.76. The predicted octanol–water partition coefficient (Wildman–Crippen LogP) is 2.78.